The van der Waals surface area contributed by atoms with Crippen LogP contribution in [0.5, 0.6) is 0 Å². The molecule has 24 heavy (non-hydrogen) atoms. The number of ketones is 1. The summed E-state index contributed by atoms with van der Waals surface area (Å²) in [5, 5.41) is 5.69. The van der Waals surface area contributed by atoms with Crippen molar-refractivity contribution in [1.29, 1.82) is 0 Å². The van der Waals surface area contributed by atoms with Crippen LogP contribution < -0.4 is 10.6 Å². The van der Waals surface area contributed by atoms with Gasteiger partial charge in [-0.3, -0.25) is 9.59 Å². The van der Waals surface area contributed by atoms with Gasteiger partial charge in [0.15, 0.2) is 5.78 Å². The number of carbonyl (C=O) groups is 2. The molecule has 0 spiro atoms. The van der Waals surface area contributed by atoms with Crippen molar-refractivity contribution in [3.05, 3.63) is 58.4 Å². The standard InChI is InChI=1S/C19H21FN2O2/c1-11-8-12(2)19(13(3)9-11)22-17(24)10-21-16-7-5-6-15(20)18(16)14(4)23/h5-9,21H,10H2,1-4H3,(H,22,24). The fourth-order valence-electron chi connectivity index (χ4n) is 2.77. The van der Waals surface area contributed by atoms with E-state index in [1.165, 1.54) is 19.1 Å². The van der Waals surface area contributed by atoms with Crippen LogP contribution in [0.3, 0.4) is 0 Å². The molecule has 0 saturated carbocycles. The Kier molecular flexibility index (Phi) is 5.34. The predicted octanol–water partition coefficient (Wildman–Crippen LogP) is 4.00. The van der Waals surface area contributed by atoms with Gasteiger partial charge in [-0.1, -0.05) is 23.8 Å². The molecule has 1 amide bonds. The fourth-order valence-corrected chi connectivity index (χ4v) is 2.77. The molecule has 0 heterocycles. The second kappa shape index (κ2) is 7.25. The monoisotopic (exact) mass is 328 g/mol. The highest BCUT2D eigenvalue weighted by Gasteiger charge is 2.14. The number of aryl methyl sites for hydroxylation is 3. The minimum Gasteiger partial charge on any atom is -0.375 e. The first-order valence-corrected chi connectivity index (χ1v) is 7.70. The van der Waals surface area contributed by atoms with Crippen molar-refractivity contribution >= 4 is 23.1 Å². The van der Waals surface area contributed by atoms with Crippen LogP contribution in [0.4, 0.5) is 15.8 Å². The molecule has 2 N–H and O–H groups in total. The maximum Gasteiger partial charge on any atom is 0.243 e. The number of hydrogen-bond donors (Lipinski definition) is 2. The summed E-state index contributed by atoms with van der Waals surface area (Å²) < 4.78 is 13.8. The van der Waals surface area contributed by atoms with Crippen LogP contribution in [0.15, 0.2) is 30.3 Å². The van der Waals surface area contributed by atoms with Gasteiger partial charge in [-0.2, -0.15) is 0 Å². The maximum absolute atomic E-state index is 13.8. The number of nitrogens with one attached hydrogen (secondary N) is 2. The van der Waals surface area contributed by atoms with Gasteiger partial charge in [-0.15, -0.1) is 0 Å². The third-order valence-electron chi connectivity index (χ3n) is 3.75. The Balaban J connectivity index is 2.10. The number of rotatable bonds is 5. The average molecular weight is 328 g/mol. The van der Waals surface area contributed by atoms with E-state index in [9.17, 15) is 14.0 Å². The van der Waals surface area contributed by atoms with Crippen molar-refractivity contribution in [1.82, 2.24) is 0 Å². The third kappa shape index (κ3) is 3.98. The molecule has 0 radical (unpaired) electrons. The van der Waals surface area contributed by atoms with Gasteiger partial charge in [0.1, 0.15) is 5.82 Å². The van der Waals surface area contributed by atoms with Crippen LogP contribution in [0, 0.1) is 26.6 Å². The van der Waals surface area contributed by atoms with Gasteiger partial charge in [-0.05, 0) is 51.0 Å². The molecule has 0 bridgehead atoms. The van der Waals surface area contributed by atoms with E-state index in [4.69, 9.17) is 0 Å². The van der Waals surface area contributed by atoms with Crippen LogP contribution in [-0.4, -0.2) is 18.2 Å². The first-order valence-electron chi connectivity index (χ1n) is 7.70. The number of carbonyl (C=O) groups excluding carboxylic acids is 2. The van der Waals surface area contributed by atoms with E-state index >= 15 is 0 Å². The molecule has 2 aromatic rings. The average Bonchev–Trinajstić information content (AvgIpc) is 2.48. The summed E-state index contributed by atoms with van der Waals surface area (Å²) in [6.07, 6.45) is 0. The van der Waals surface area contributed by atoms with Gasteiger partial charge >= 0.3 is 0 Å². The zero-order valence-electron chi connectivity index (χ0n) is 14.3. The van der Waals surface area contributed by atoms with Crippen molar-refractivity contribution in [2.75, 3.05) is 17.2 Å². The van der Waals surface area contributed by atoms with E-state index < -0.39 is 5.82 Å². The molecular formula is C19H21FN2O2. The first-order chi connectivity index (χ1) is 11.3. The largest absolute Gasteiger partial charge is 0.375 e. The lowest BCUT2D eigenvalue weighted by Gasteiger charge is -2.14. The molecule has 2 aromatic carbocycles. The van der Waals surface area contributed by atoms with Crippen molar-refractivity contribution in [3.63, 3.8) is 0 Å². The Labute approximate surface area is 141 Å². The third-order valence-corrected chi connectivity index (χ3v) is 3.75. The zero-order chi connectivity index (χ0) is 17.9. The van der Waals surface area contributed by atoms with Crippen molar-refractivity contribution in [2.45, 2.75) is 27.7 Å². The highest BCUT2D eigenvalue weighted by atomic mass is 19.1. The molecule has 5 heteroatoms. The normalized spacial score (nSPS) is 10.4. The maximum atomic E-state index is 13.8. The summed E-state index contributed by atoms with van der Waals surface area (Å²) >= 11 is 0. The Hall–Kier alpha value is -2.69. The first kappa shape index (κ1) is 17.7. The molecule has 0 fully saturated rings. The smallest absolute Gasteiger partial charge is 0.243 e. The van der Waals surface area contributed by atoms with Crippen molar-refractivity contribution in [3.8, 4) is 0 Å². The molecule has 0 atom stereocenters. The van der Waals surface area contributed by atoms with E-state index in [-0.39, 0.29) is 23.8 Å². The highest BCUT2D eigenvalue weighted by molar-refractivity contribution is 6.01. The Morgan fingerprint density at radius 3 is 2.29 bits per heavy atom. The topological polar surface area (TPSA) is 58.2 Å². The molecule has 0 aliphatic heterocycles. The highest BCUT2D eigenvalue weighted by Crippen LogP contribution is 2.22. The molecular weight excluding hydrogens is 307 g/mol. The number of benzene rings is 2. The van der Waals surface area contributed by atoms with Crippen LogP contribution >= 0.6 is 0 Å². The van der Waals surface area contributed by atoms with E-state index in [2.05, 4.69) is 10.6 Å². The summed E-state index contributed by atoms with van der Waals surface area (Å²) in [5.41, 5.74) is 4.15. The lowest BCUT2D eigenvalue weighted by Crippen LogP contribution is -2.23. The van der Waals surface area contributed by atoms with Crippen LogP contribution in [0.25, 0.3) is 0 Å². The molecule has 4 nitrogen and oxygen atoms in total. The van der Waals surface area contributed by atoms with Gasteiger partial charge < -0.3 is 10.6 Å². The number of Topliss-reactive ketones (excluding diaryl/α,β-unsaturated/α-hetero) is 1. The molecule has 0 saturated heterocycles. The Morgan fingerprint density at radius 1 is 1.08 bits per heavy atom. The number of anilines is 2. The molecule has 0 unspecified atom stereocenters. The van der Waals surface area contributed by atoms with E-state index in [0.717, 1.165) is 22.4 Å². The Bertz CT molecular complexity index is 777. The summed E-state index contributed by atoms with van der Waals surface area (Å²) in [5.74, 6) is -1.25. The van der Waals surface area contributed by atoms with E-state index in [1.54, 1.807) is 6.07 Å². The molecule has 126 valence electrons. The van der Waals surface area contributed by atoms with E-state index in [0.29, 0.717) is 5.69 Å². The molecule has 0 aromatic heterocycles. The quantitative estimate of drug-likeness (QED) is 0.816. The summed E-state index contributed by atoms with van der Waals surface area (Å²) in [6.45, 7) is 7.10. The van der Waals surface area contributed by atoms with Gasteiger partial charge in [0.2, 0.25) is 5.91 Å². The number of amides is 1. The van der Waals surface area contributed by atoms with Crippen molar-refractivity contribution < 1.29 is 14.0 Å². The fraction of sp³-hybridized carbons (Fsp3) is 0.263. The Morgan fingerprint density at radius 2 is 1.71 bits per heavy atom. The summed E-state index contributed by atoms with van der Waals surface area (Å²) in [6, 6.07) is 8.29. The minimum absolute atomic E-state index is 0.0343. The lowest BCUT2D eigenvalue weighted by molar-refractivity contribution is -0.114. The molecule has 0 aliphatic rings. The summed E-state index contributed by atoms with van der Waals surface area (Å²) in [4.78, 5) is 23.8. The molecule has 2 rings (SSSR count). The van der Waals surface area contributed by atoms with Crippen molar-refractivity contribution in [2.24, 2.45) is 0 Å². The van der Waals surface area contributed by atoms with Gasteiger partial charge in [0, 0.05) is 11.4 Å². The SMILES string of the molecule is CC(=O)c1c(F)cccc1NCC(=O)Nc1c(C)cc(C)cc1C. The van der Waals surface area contributed by atoms with Gasteiger partial charge in [0.05, 0.1) is 12.1 Å². The van der Waals surface area contributed by atoms with Crippen LogP contribution in [-0.2, 0) is 4.79 Å². The number of hydrogen-bond acceptors (Lipinski definition) is 3. The number of halogens is 1. The minimum atomic E-state index is -0.599. The van der Waals surface area contributed by atoms with Crippen LogP contribution in [0.2, 0.25) is 0 Å². The summed E-state index contributed by atoms with van der Waals surface area (Å²) in [7, 11) is 0. The molecule has 0 aliphatic carbocycles. The van der Waals surface area contributed by atoms with Crippen LogP contribution in [0.1, 0.15) is 34.0 Å². The van der Waals surface area contributed by atoms with Gasteiger partial charge in [0.25, 0.3) is 0 Å². The second-order valence-corrected chi connectivity index (χ2v) is 5.89. The van der Waals surface area contributed by atoms with Gasteiger partial charge in [-0.25, -0.2) is 4.39 Å². The predicted molar refractivity (Wildman–Crippen MR) is 94.2 cm³/mol. The zero-order valence-corrected chi connectivity index (χ0v) is 14.3. The lowest BCUT2D eigenvalue weighted by atomic mass is 10.1. The second-order valence-electron chi connectivity index (χ2n) is 5.89. The van der Waals surface area contributed by atoms with E-state index in [1.807, 2.05) is 32.9 Å².